The van der Waals surface area contributed by atoms with E-state index in [4.69, 9.17) is 0 Å². The Bertz CT molecular complexity index is 677. The van der Waals surface area contributed by atoms with E-state index in [0.29, 0.717) is 22.6 Å². The number of carbonyl (C=O) groups is 2. The fourth-order valence-corrected chi connectivity index (χ4v) is 2.84. The van der Waals surface area contributed by atoms with Gasteiger partial charge in [-0.05, 0) is 37.1 Å². The molecule has 0 radical (unpaired) electrons. The topological polar surface area (TPSA) is 74.0 Å². The molecule has 2 heterocycles. The number of H-pyrrole nitrogens is 1. The molecule has 3 N–H and O–H groups in total. The molecule has 5 heteroatoms. The summed E-state index contributed by atoms with van der Waals surface area (Å²) in [5.74, 6) is 0.323. The number of carbonyl (C=O) groups excluding carboxylic acids is 2. The Morgan fingerprint density at radius 1 is 1.09 bits per heavy atom. The molecule has 2 unspecified atom stereocenters. The number of hydrogen-bond acceptors (Lipinski definition) is 3. The molecular weight excluding hydrogens is 290 g/mol. The number of hydrogen-bond donors (Lipinski definition) is 3. The van der Waals surface area contributed by atoms with E-state index in [1.165, 1.54) is 0 Å². The molecule has 0 saturated carbocycles. The zero-order valence-electron chi connectivity index (χ0n) is 13.1. The average molecular weight is 311 g/mol. The highest BCUT2D eigenvalue weighted by atomic mass is 16.1. The lowest BCUT2D eigenvalue weighted by atomic mass is 9.94. The molecule has 23 heavy (non-hydrogen) atoms. The van der Waals surface area contributed by atoms with Crippen LogP contribution in [0.5, 0.6) is 0 Å². The maximum absolute atomic E-state index is 12.3. The highest BCUT2D eigenvalue weighted by molar-refractivity contribution is 6.09. The molecule has 0 aliphatic carbocycles. The minimum Gasteiger partial charge on any atom is -0.367 e. The maximum atomic E-state index is 12.3. The monoisotopic (exact) mass is 311 g/mol. The van der Waals surface area contributed by atoms with E-state index < -0.39 is 0 Å². The number of aromatic nitrogens is 1. The molecule has 120 valence electrons. The standard InChI is InChI=1S/C18H21N3O2/c1-12-6-8-20-11-16(12)21-18(23)14-4-2-13(3-5-14)17(22)15-7-9-19-10-15/h2-5,7,9-10,12,16,19-20H,6,8,11H2,1H3,(H,21,23). The van der Waals surface area contributed by atoms with Gasteiger partial charge in [-0.25, -0.2) is 0 Å². The van der Waals surface area contributed by atoms with Crippen LogP contribution >= 0.6 is 0 Å². The first-order valence-electron chi connectivity index (χ1n) is 7.94. The van der Waals surface area contributed by atoms with Gasteiger partial charge in [0.1, 0.15) is 0 Å². The summed E-state index contributed by atoms with van der Waals surface area (Å²) >= 11 is 0. The minimum atomic E-state index is -0.0915. The molecule has 1 fully saturated rings. The molecule has 3 rings (SSSR count). The van der Waals surface area contributed by atoms with Gasteiger partial charge in [0.05, 0.1) is 0 Å². The Labute approximate surface area is 135 Å². The van der Waals surface area contributed by atoms with Crippen molar-refractivity contribution in [2.75, 3.05) is 13.1 Å². The van der Waals surface area contributed by atoms with Crippen LogP contribution in [0.15, 0.2) is 42.7 Å². The van der Waals surface area contributed by atoms with Crippen molar-refractivity contribution in [1.29, 1.82) is 0 Å². The zero-order valence-corrected chi connectivity index (χ0v) is 13.1. The van der Waals surface area contributed by atoms with Crippen LogP contribution in [0.3, 0.4) is 0 Å². The fourth-order valence-electron chi connectivity index (χ4n) is 2.84. The second kappa shape index (κ2) is 6.79. The van der Waals surface area contributed by atoms with E-state index in [2.05, 4.69) is 22.5 Å². The van der Waals surface area contributed by atoms with Crippen molar-refractivity contribution in [2.45, 2.75) is 19.4 Å². The summed E-state index contributed by atoms with van der Waals surface area (Å²) in [5, 5.41) is 6.37. The summed E-state index contributed by atoms with van der Waals surface area (Å²) in [4.78, 5) is 27.4. The fraction of sp³-hybridized carbons (Fsp3) is 0.333. The summed E-state index contributed by atoms with van der Waals surface area (Å²) in [7, 11) is 0. The number of aromatic amines is 1. The van der Waals surface area contributed by atoms with E-state index >= 15 is 0 Å². The van der Waals surface area contributed by atoms with Crippen molar-refractivity contribution < 1.29 is 9.59 Å². The summed E-state index contributed by atoms with van der Waals surface area (Å²) in [5.41, 5.74) is 1.77. The Morgan fingerprint density at radius 3 is 2.48 bits per heavy atom. The second-order valence-electron chi connectivity index (χ2n) is 6.06. The third-order valence-corrected chi connectivity index (χ3v) is 4.41. The lowest BCUT2D eigenvalue weighted by Gasteiger charge is -2.30. The number of ketones is 1. The van der Waals surface area contributed by atoms with Gasteiger partial charge in [-0.15, -0.1) is 0 Å². The van der Waals surface area contributed by atoms with Crippen molar-refractivity contribution in [3.8, 4) is 0 Å². The largest absolute Gasteiger partial charge is 0.367 e. The molecule has 1 aromatic carbocycles. The molecule has 2 atom stereocenters. The van der Waals surface area contributed by atoms with Crippen molar-refractivity contribution in [3.63, 3.8) is 0 Å². The molecule has 1 saturated heterocycles. The lowest BCUT2D eigenvalue weighted by molar-refractivity contribution is 0.0914. The van der Waals surface area contributed by atoms with Crippen LogP contribution in [-0.2, 0) is 0 Å². The third-order valence-electron chi connectivity index (χ3n) is 4.41. The average Bonchev–Trinajstić information content (AvgIpc) is 3.11. The third kappa shape index (κ3) is 3.51. The van der Waals surface area contributed by atoms with Crippen molar-refractivity contribution in [2.24, 2.45) is 5.92 Å². The molecule has 0 spiro atoms. The van der Waals surface area contributed by atoms with Crippen LogP contribution in [0.25, 0.3) is 0 Å². The molecule has 1 aliphatic rings. The SMILES string of the molecule is CC1CCNCC1NC(=O)c1ccc(C(=O)c2cc[nH]c2)cc1. The van der Waals surface area contributed by atoms with Gasteiger partial charge in [0.2, 0.25) is 0 Å². The van der Waals surface area contributed by atoms with Gasteiger partial charge in [-0.1, -0.05) is 19.1 Å². The molecule has 5 nitrogen and oxygen atoms in total. The van der Waals surface area contributed by atoms with E-state index in [0.717, 1.165) is 19.5 Å². The van der Waals surface area contributed by atoms with Gasteiger partial charge in [-0.2, -0.15) is 0 Å². The Morgan fingerprint density at radius 2 is 1.83 bits per heavy atom. The number of piperidine rings is 1. The normalized spacial score (nSPS) is 20.9. The number of rotatable bonds is 4. The zero-order chi connectivity index (χ0) is 16.2. The Kier molecular flexibility index (Phi) is 4.57. The van der Waals surface area contributed by atoms with Gasteiger partial charge in [0.25, 0.3) is 5.91 Å². The second-order valence-corrected chi connectivity index (χ2v) is 6.06. The molecule has 1 amide bonds. The molecule has 1 aromatic heterocycles. The highest BCUT2D eigenvalue weighted by Crippen LogP contribution is 2.14. The number of amides is 1. The van der Waals surface area contributed by atoms with Crippen molar-refractivity contribution >= 4 is 11.7 Å². The van der Waals surface area contributed by atoms with Crippen LogP contribution < -0.4 is 10.6 Å². The van der Waals surface area contributed by atoms with Crippen LogP contribution in [0, 0.1) is 5.92 Å². The Hall–Kier alpha value is -2.40. The van der Waals surface area contributed by atoms with Crippen LogP contribution in [0.4, 0.5) is 0 Å². The first kappa shape index (κ1) is 15.5. The molecular formula is C18H21N3O2. The van der Waals surface area contributed by atoms with Crippen molar-refractivity contribution in [3.05, 3.63) is 59.4 Å². The van der Waals surface area contributed by atoms with Crippen LogP contribution in [0.2, 0.25) is 0 Å². The Balaban J connectivity index is 1.67. The summed E-state index contributed by atoms with van der Waals surface area (Å²) in [6, 6.07) is 8.70. The van der Waals surface area contributed by atoms with Gasteiger partial charge in [-0.3, -0.25) is 9.59 Å². The smallest absolute Gasteiger partial charge is 0.251 e. The number of benzene rings is 1. The first-order chi connectivity index (χ1) is 11.1. The van der Waals surface area contributed by atoms with Gasteiger partial charge in [0, 0.05) is 41.7 Å². The predicted octanol–water partition coefficient (Wildman–Crippen LogP) is 1.97. The van der Waals surface area contributed by atoms with Gasteiger partial charge in [0.15, 0.2) is 5.78 Å². The summed E-state index contributed by atoms with van der Waals surface area (Å²) < 4.78 is 0. The summed E-state index contributed by atoms with van der Waals surface area (Å²) in [6.45, 7) is 3.96. The van der Waals surface area contributed by atoms with Gasteiger partial charge < -0.3 is 15.6 Å². The quantitative estimate of drug-likeness (QED) is 0.756. The highest BCUT2D eigenvalue weighted by Gasteiger charge is 2.23. The molecule has 2 aromatic rings. The van der Waals surface area contributed by atoms with Crippen molar-refractivity contribution in [1.82, 2.24) is 15.6 Å². The van der Waals surface area contributed by atoms with Crippen LogP contribution in [-0.4, -0.2) is 35.8 Å². The van der Waals surface area contributed by atoms with E-state index in [9.17, 15) is 9.59 Å². The lowest BCUT2D eigenvalue weighted by Crippen LogP contribution is -2.50. The molecule has 0 bridgehead atoms. The van der Waals surface area contributed by atoms with E-state index in [1.807, 2.05) is 0 Å². The van der Waals surface area contributed by atoms with E-state index in [-0.39, 0.29) is 17.7 Å². The van der Waals surface area contributed by atoms with Gasteiger partial charge >= 0.3 is 0 Å². The molecule has 1 aliphatic heterocycles. The number of nitrogens with one attached hydrogen (secondary N) is 3. The first-order valence-corrected chi connectivity index (χ1v) is 7.94. The minimum absolute atomic E-state index is 0.0525. The summed E-state index contributed by atoms with van der Waals surface area (Å²) in [6.07, 6.45) is 4.45. The van der Waals surface area contributed by atoms with E-state index in [1.54, 1.807) is 42.7 Å². The van der Waals surface area contributed by atoms with Crippen LogP contribution in [0.1, 0.15) is 39.6 Å². The maximum Gasteiger partial charge on any atom is 0.251 e. The predicted molar refractivity (Wildman–Crippen MR) is 88.6 cm³/mol.